The maximum atomic E-state index is 12.1. The maximum absolute atomic E-state index is 12.1. The number of hydrogen-bond donors (Lipinski definition) is 1. The van der Waals surface area contributed by atoms with E-state index >= 15 is 0 Å². The molecule has 6 heteroatoms. The van der Waals surface area contributed by atoms with Crippen LogP contribution in [0.15, 0.2) is 0 Å². The van der Waals surface area contributed by atoms with Crippen LogP contribution in [0.5, 0.6) is 0 Å². The summed E-state index contributed by atoms with van der Waals surface area (Å²) in [7, 11) is -3.27. The average molecular weight is 342 g/mol. The molecule has 0 aliphatic carbocycles. The number of sulfonamides is 1. The van der Waals surface area contributed by atoms with E-state index in [0.717, 1.165) is 24.6 Å². The fraction of sp³-hybridized carbons (Fsp3) is 1.00. The van der Waals surface area contributed by atoms with Crippen LogP contribution in [-0.4, -0.2) is 38.3 Å². The van der Waals surface area contributed by atoms with Gasteiger partial charge in [0.05, 0.1) is 11.9 Å². The molecular formula is C12H24BrNO3S. The first-order valence-corrected chi connectivity index (χ1v) is 9.19. The molecule has 1 rings (SSSR count). The summed E-state index contributed by atoms with van der Waals surface area (Å²) in [6, 6.07) is -0.0525. The third-order valence-corrected chi connectivity index (χ3v) is 5.11. The summed E-state index contributed by atoms with van der Waals surface area (Å²) in [5.74, 6) is 0.0852. The van der Waals surface area contributed by atoms with Gasteiger partial charge in [0.1, 0.15) is 0 Å². The lowest BCUT2D eigenvalue weighted by molar-refractivity contribution is 0.127. The Balaban J connectivity index is 2.60. The number of hydrogen-bond acceptors (Lipinski definition) is 3. The highest BCUT2D eigenvalue weighted by molar-refractivity contribution is 9.09. The topological polar surface area (TPSA) is 55.4 Å². The Morgan fingerprint density at radius 2 is 2.11 bits per heavy atom. The normalized spacial score (nSPS) is 23.2. The quantitative estimate of drug-likeness (QED) is 0.754. The van der Waals surface area contributed by atoms with Gasteiger partial charge in [-0.05, 0) is 24.7 Å². The molecule has 2 unspecified atom stereocenters. The summed E-state index contributed by atoms with van der Waals surface area (Å²) in [4.78, 5) is 0. The minimum absolute atomic E-state index is 0.0525. The van der Waals surface area contributed by atoms with Crippen molar-refractivity contribution in [2.24, 2.45) is 5.41 Å². The molecule has 2 atom stereocenters. The van der Waals surface area contributed by atoms with E-state index in [4.69, 9.17) is 4.74 Å². The molecule has 1 heterocycles. The van der Waals surface area contributed by atoms with Gasteiger partial charge in [0.15, 0.2) is 0 Å². The highest BCUT2D eigenvalue weighted by atomic mass is 79.9. The zero-order chi connectivity index (χ0) is 13.8. The number of rotatable bonds is 6. The van der Waals surface area contributed by atoms with Crippen LogP contribution in [0.2, 0.25) is 0 Å². The summed E-state index contributed by atoms with van der Waals surface area (Å²) >= 11 is 3.38. The van der Waals surface area contributed by atoms with Gasteiger partial charge in [0.2, 0.25) is 10.0 Å². The predicted octanol–water partition coefficient (Wildman–Crippen LogP) is 2.28. The number of alkyl halides is 1. The molecular weight excluding hydrogens is 318 g/mol. The van der Waals surface area contributed by atoms with Crippen LogP contribution in [0.3, 0.4) is 0 Å². The van der Waals surface area contributed by atoms with Crippen LogP contribution in [0.4, 0.5) is 0 Å². The first-order valence-electron chi connectivity index (χ1n) is 6.42. The highest BCUT2D eigenvalue weighted by Crippen LogP contribution is 2.24. The van der Waals surface area contributed by atoms with Crippen LogP contribution in [0.25, 0.3) is 0 Å². The van der Waals surface area contributed by atoms with E-state index in [1.165, 1.54) is 0 Å². The summed E-state index contributed by atoms with van der Waals surface area (Å²) in [6.07, 6.45) is 2.46. The van der Waals surface area contributed by atoms with Crippen molar-refractivity contribution in [3.05, 3.63) is 0 Å². The molecule has 1 aliphatic heterocycles. The van der Waals surface area contributed by atoms with Crippen LogP contribution in [-0.2, 0) is 14.8 Å². The van der Waals surface area contributed by atoms with Gasteiger partial charge in [-0.2, -0.15) is 0 Å². The minimum Gasteiger partial charge on any atom is -0.377 e. The molecule has 108 valence electrons. The molecule has 1 fully saturated rings. The SMILES string of the molecule is CC(C)(C)C(CCBr)NS(=O)(=O)CC1CCCO1. The van der Waals surface area contributed by atoms with Gasteiger partial charge in [0, 0.05) is 18.0 Å². The third kappa shape index (κ3) is 5.55. The van der Waals surface area contributed by atoms with Crippen molar-refractivity contribution in [2.75, 3.05) is 17.7 Å². The van der Waals surface area contributed by atoms with Gasteiger partial charge >= 0.3 is 0 Å². The Morgan fingerprint density at radius 1 is 1.44 bits per heavy atom. The summed E-state index contributed by atoms with van der Waals surface area (Å²) in [5.41, 5.74) is -0.0859. The molecule has 0 spiro atoms. The standard InChI is InChI=1S/C12H24BrNO3S/c1-12(2,3)11(6-7-13)14-18(15,16)9-10-5-4-8-17-10/h10-11,14H,4-9H2,1-3H3. The lowest BCUT2D eigenvalue weighted by atomic mass is 9.86. The molecule has 0 radical (unpaired) electrons. The fourth-order valence-electron chi connectivity index (χ4n) is 2.06. The number of halogens is 1. The van der Waals surface area contributed by atoms with Crippen LogP contribution >= 0.6 is 15.9 Å². The van der Waals surface area contributed by atoms with E-state index in [2.05, 4.69) is 41.4 Å². The molecule has 0 aromatic carbocycles. The molecule has 0 saturated carbocycles. The minimum atomic E-state index is -3.27. The van der Waals surface area contributed by atoms with Crippen molar-refractivity contribution in [1.29, 1.82) is 0 Å². The van der Waals surface area contributed by atoms with Crippen LogP contribution < -0.4 is 4.72 Å². The first-order chi connectivity index (χ1) is 8.24. The average Bonchev–Trinajstić information content (AvgIpc) is 2.67. The van der Waals surface area contributed by atoms with Crippen molar-refractivity contribution >= 4 is 26.0 Å². The lowest BCUT2D eigenvalue weighted by Crippen LogP contribution is -2.46. The molecule has 1 aliphatic rings. The van der Waals surface area contributed by atoms with Crippen LogP contribution in [0, 0.1) is 5.41 Å². The van der Waals surface area contributed by atoms with E-state index in [9.17, 15) is 8.42 Å². The summed E-state index contributed by atoms with van der Waals surface area (Å²) in [5, 5.41) is 0.789. The van der Waals surface area contributed by atoms with E-state index in [0.29, 0.717) is 6.61 Å². The third-order valence-electron chi connectivity index (χ3n) is 3.19. The maximum Gasteiger partial charge on any atom is 0.214 e. The second kappa shape index (κ2) is 6.68. The van der Waals surface area contributed by atoms with Crippen molar-refractivity contribution in [2.45, 2.75) is 52.2 Å². The van der Waals surface area contributed by atoms with Gasteiger partial charge in [-0.25, -0.2) is 13.1 Å². The van der Waals surface area contributed by atoms with Gasteiger partial charge in [-0.1, -0.05) is 36.7 Å². The Morgan fingerprint density at radius 3 is 2.56 bits per heavy atom. The van der Waals surface area contributed by atoms with E-state index in [-0.39, 0.29) is 23.3 Å². The summed E-state index contributed by atoms with van der Waals surface area (Å²) < 4.78 is 32.4. The van der Waals surface area contributed by atoms with Crippen molar-refractivity contribution in [1.82, 2.24) is 4.72 Å². The Kier molecular flexibility index (Phi) is 6.09. The second-order valence-electron chi connectivity index (χ2n) is 5.93. The molecule has 0 bridgehead atoms. The van der Waals surface area contributed by atoms with Gasteiger partial charge in [0.25, 0.3) is 0 Å². The number of ether oxygens (including phenoxy) is 1. The second-order valence-corrected chi connectivity index (χ2v) is 8.52. The van der Waals surface area contributed by atoms with Gasteiger partial charge in [-0.3, -0.25) is 0 Å². The highest BCUT2D eigenvalue weighted by Gasteiger charge is 2.30. The van der Waals surface area contributed by atoms with Gasteiger partial charge < -0.3 is 4.74 Å². The zero-order valence-electron chi connectivity index (χ0n) is 11.4. The molecule has 0 aromatic rings. The van der Waals surface area contributed by atoms with Crippen LogP contribution in [0.1, 0.15) is 40.0 Å². The smallest absolute Gasteiger partial charge is 0.214 e. The molecule has 0 amide bonds. The Hall–Kier alpha value is 0.350. The largest absolute Gasteiger partial charge is 0.377 e. The fourth-order valence-corrected chi connectivity index (χ4v) is 4.27. The van der Waals surface area contributed by atoms with E-state index in [1.54, 1.807) is 0 Å². The predicted molar refractivity (Wildman–Crippen MR) is 77.6 cm³/mol. The number of nitrogens with one attached hydrogen (secondary N) is 1. The lowest BCUT2D eigenvalue weighted by Gasteiger charge is -2.31. The van der Waals surface area contributed by atoms with Crippen molar-refractivity contribution < 1.29 is 13.2 Å². The first kappa shape index (κ1) is 16.4. The molecule has 1 N–H and O–H groups in total. The molecule has 18 heavy (non-hydrogen) atoms. The molecule has 0 aromatic heterocycles. The Bertz CT molecular complexity index is 345. The zero-order valence-corrected chi connectivity index (χ0v) is 13.8. The van der Waals surface area contributed by atoms with Crippen molar-refractivity contribution in [3.8, 4) is 0 Å². The van der Waals surface area contributed by atoms with E-state index in [1.807, 2.05) is 0 Å². The monoisotopic (exact) mass is 341 g/mol. The van der Waals surface area contributed by atoms with Crippen molar-refractivity contribution in [3.63, 3.8) is 0 Å². The Labute approximate surface area is 119 Å². The van der Waals surface area contributed by atoms with E-state index < -0.39 is 10.0 Å². The molecule has 1 saturated heterocycles. The summed E-state index contributed by atoms with van der Waals surface area (Å²) in [6.45, 7) is 6.84. The molecule has 4 nitrogen and oxygen atoms in total. The van der Waals surface area contributed by atoms with Gasteiger partial charge in [-0.15, -0.1) is 0 Å².